The molecule has 0 radical (unpaired) electrons. The van der Waals surface area contributed by atoms with Gasteiger partial charge in [-0.15, -0.1) is 0 Å². The van der Waals surface area contributed by atoms with Gasteiger partial charge in [0.1, 0.15) is 22.5 Å². The third-order valence-electron chi connectivity index (χ3n) is 6.30. The van der Waals surface area contributed by atoms with Gasteiger partial charge in [-0.2, -0.15) is 35.1 Å². The molecular formula is C27H15F8NO6S. The van der Waals surface area contributed by atoms with Gasteiger partial charge in [0.15, 0.2) is 6.20 Å². The summed E-state index contributed by atoms with van der Waals surface area (Å²) in [6.07, 6.45) is -4.48. The maximum absolute atomic E-state index is 14.0. The van der Waals surface area contributed by atoms with E-state index in [0.717, 1.165) is 42.6 Å². The summed E-state index contributed by atoms with van der Waals surface area (Å²) in [7, 11) is -5.18. The second kappa shape index (κ2) is 10.9. The van der Waals surface area contributed by atoms with Gasteiger partial charge in [0.05, 0.1) is 17.7 Å². The number of fused-ring (bicyclic) bond motifs is 1. The largest absolute Gasteiger partial charge is 0.618 e. The average Bonchev–Trinajstić information content (AvgIpc) is 2.97. The highest BCUT2D eigenvalue weighted by Crippen LogP contribution is 2.42. The minimum absolute atomic E-state index is 0.0947. The molecule has 0 aliphatic carbocycles. The van der Waals surface area contributed by atoms with Crippen LogP contribution in [0.5, 0.6) is 17.2 Å². The summed E-state index contributed by atoms with van der Waals surface area (Å²) in [6.45, 7) is -0.0947. The number of ether oxygens (including phenoxy) is 2. The van der Waals surface area contributed by atoms with Crippen LogP contribution in [0.3, 0.4) is 0 Å². The van der Waals surface area contributed by atoms with Crippen molar-refractivity contribution in [1.29, 1.82) is 0 Å². The van der Waals surface area contributed by atoms with Crippen LogP contribution < -0.4 is 18.4 Å². The third-order valence-corrected chi connectivity index (χ3v) is 7.51. The van der Waals surface area contributed by atoms with Crippen LogP contribution in [0.4, 0.5) is 35.1 Å². The van der Waals surface area contributed by atoms with E-state index < -0.39 is 67.7 Å². The molecule has 1 aromatic heterocycles. The molecule has 0 bridgehead atoms. The van der Waals surface area contributed by atoms with Crippen LogP contribution in [0.2, 0.25) is 0 Å². The molecule has 1 atom stereocenters. The Labute approximate surface area is 237 Å². The highest BCUT2D eigenvalue weighted by molar-refractivity contribution is 7.87. The van der Waals surface area contributed by atoms with Crippen molar-refractivity contribution in [3.05, 3.63) is 106 Å². The number of benzene rings is 3. The number of aromatic nitrogens is 1. The molecule has 43 heavy (non-hydrogen) atoms. The van der Waals surface area contributed by atoms with E-state index in [4.69, 9.17) is 9.47 Å². The van der Waals surface area contributed by atoms with Gasteiger partial charge in [0, 0.05) is 30.2 Å². The second-order valence-electron chi connectivity index (χ2n) is 9.00. The van der Waals surface area contributed by atoms with Crippen LogP contribution in [0.25, 0.3) is 11.3 Å². The normalized spacial score (nSPS) is 15.0. The minimum Gasteiger partial charge on any atom is -0.618 e. The van der Waals surface area contributed by atoms with Crippen molar-refractivity contribution in [3.8, 4) is 28.5 Å². The maximum Gasteiger partial charge on any atom is 0.416 e. The fourth-order valence-electron chi connectivity index (χ4n) is 4.23. The van der Waals surface area contributed by atoms with E-state index >= 15 is 0 Å². The van der Waals surface area contributed by atoms with Crippen LogP contribution >= 0.6 is 0 Å². The van der Waals surface area contributed by atoms with E-state index in [-0.39, 0.29) is 41.3 Å². The Morgan fingerprint density at radius 3 is 2.21 bits per heavy atom. The zero-order chi connectivity index (χ0) is 31.3. The monoisotopic (exact) mass is 633 g/mol. The van der Waals surface area contributed by atoms with Gasteiger partial charge >= 0.3 is 16.3 Å². The molecule has 3 aromatic carbocycles. The first kappa shape index (κ1) is 29.9. The lowest BCUT2D eigenvalue weighted by molar-refractivity contribution is -0.593. The molecule has 2 heterocycles. The lowest BCUT2D eigenvalue weighted by Crippen LogP contribution is -2.28. The van der Waals surface area contributed by atoms with E-state index in [2.05, 4.69) is 4.18 Å². The summed E-state index contributed by atoms with van der Waals surface area (Å²) in [4.78, 5) is -0.789. The Hall–Kier alpha value is -4.60. The van der Waals surface area contributed by atoms with E-state index in [1.54, 1.807) is 0 Å². The van der Waals surface area contributed by atoms with Crippen LogP contribution in [0.1, 0.15) is 23.7 Å². The van der Waals surface area contributed by atoms with Crippen molar-refractivity contribution < 1.29 is 61.9 Å². The predicted octanol–water partition coefficient (Wildman–Crippen LogP) is 6.37. The first-order valence-corrected chi connectivity index (χ1v) is 13.4. The highest BCUT2D eigenvalue weighted by atomic mass is 32.2. The average molecular weight is 633 g/mol. The van der Waals surface area contributed by atoms with Crippen LogP contribution in [-0.4, -0.2) is 15.0 Å². The van der Waals surface area contributed by atoms with E-state index in [9.17, 15) is 48.7 Å². The number of halogens is 8. The van der Waals surface area contributed by atoms with E-state index in [0.29, 0.717) is 4.73 Å². The standard InChI is InChI=1S/C27H15F8NO6S/c28-21-22(29)24(31)26(25(32)23(21)30)42-43(38,39)14-5-6-15-19(8-10-40-20(15)12-14)41-18-7-4-13(27(33,34)35)11-16(18)17-3-1-2-9-36(17)37/h1-7,9,11-12,19H,8,10H2/t19-/m1/s1. The molecule has 1 aliphatic heterocycles. The van der Waals surface area contributed by atoms with Crippen molar-refractivity contribution in [1.82, 2.24) is 0 Å². The fourth-order valence-corrected chi connectivity index (χ4v) is 5.18. The van der Waals surface area contributed by atoms with Crippen molar-refractivity contribution in [2.75, 3.05) is 6.61 Å². The molecule has 0 amide bonds. The minimum atomic E-state index is -5.18. The van der Waals surface area contributed by atoms with E-state index in [1.165, 1.54) is 18.2 Å². The molecule has 16 heteroatoms. The molecule has 1 aliphatic rings. The number of alkyl halides is 3. The maximum atomic E-state index is 14.0. The van der Waals surface area contributed by atoms with Crippen molar-refractivity contribution in [3.63, 3.8) is 0 Å². The van der Waals surface area contributed by atoms with Gasteiger partial charge in [0.2, 0.25) is 40.5 Å². The lowest BCUT2D eigenvalue weighted by atomic mass is 10.0. The summed E-state index contributed by atoms with van der Waals surface area (Å²) in [5.74, 6) is -14.7. The van der Waals surface area contributed by atoms with Gasteiger partial charge in [-0.05, 0) is 30.3 Å². The molecule has 7 nitrogen and oxygen atoms in total. The summed E-state index contributed by atoms with van der Waals surface area (Å²) < 4.78 is 150. The Bertz CT molecular complexity index is 1820. The van der Waals surface area contributed by atoms with Crippen LogP contribution in [-0.2, 0) is 16.3 Å². The Morgan fingerprint density at radius 2 is 1.56 bits per heavy atom. The quantitative estimate of drug-likeness (QED) is 0.0613. The van der Waals surface area contributed by atoms with Gasteiger partial charge < -0.3 is 18.9 Å². The molecule has 0 unspecified atom stereocenters. The molecule has 0 spiro atoms. The molecule has 226 valence electrons. The second-order valence-corrected chi connectivity index (χ2v) is 10.5. The zero-order valence-corrected chi connectivity index (χ0v) is 21.9. The molecule has 5 rings (SSSR count). The first-order chi connectivity index (χ1) is 20.2. The molecular weight excluding hydrogens is 618 g/mol. The lowest BCUT2D eigenvalue weighted by Gasteiger charge is -2.28. The molecule has 0 N–H and O–H groups in total. The summed E-state index contributed by atoms with van der Waals surface area (Å²) in [6, 6.07) is 9.49. The summed E-state index contributed by atoms with van der Waals surface area (Å²) >= 11 is 0. The number of pyridine rings is 1. The number of rotatable bonds is 6. The first-order valence-electron chi connectivity index (χ1n) is 12.0. The van der Waals surface area contributed by atoms with Crippen LogP contribution in [0.15, 0.2) is 65.7 Å². The van der Waals surface area contributed by atoms with Gasteiger partial charge in [-0.3, -0.25) is 0 Å². The smallest absolute Gasteiger partial charge is 0.416 e. The number of nitrogens with zero attached hydrogens (tertiary/aromatic N) is 1. The van der Waals surface area contributed by atoms with Crippen molar-refractivity contribution in [2.45, 2.75) is 23.6 Å². The van der Waals surface area contributed by atoms with Crippen LogP contribution in [0, 0.1) is 34.3 Å². The van der Waals surface area contributed by atoms with Gasteiger partial charge in [-0.25, -0.2) is 13.2 Å². The Kier molecular flexibility index (Phi) is 7.58. The fraction of sp³-hybridized carbons (Fsp3) is 0.148. The Balaban J connectivity index is 1.49. The summed E-state index contributed by atoms with van der Waals surface area (Å²) in [5, 5.41) is 12.4. The number of hydrogen-bond acceptors (Lipinski definition) is 6. The highest BCUT2D eigenvalue weighted by Gasteiger charge is 2.35. The molecule has 0 saturated carbocycles. The summed E-state index contributed by atoms with van der Waals surface area (Å²) in [5.41, 5.74) is -1.19. The zero-order valence-electron chi connectivity index (χ0n) is 21.1. The van der Waals surface area contributed by atoms with Crippen molar-refractivity contribution >= 4 is 10.1 Å². The van der Waals surface area contributed by atoms with Gasteiger partial charge in [0.25, 0.3) is 0 Å². The SMILES string of the molecule is O=S(=O)(Oc1c(F)c(F)c(F)c(F)c1F)c1ccc2c(c1)OCC[C@H]2Oc1ccc(C(F)(F)F)cc1-c1cccc[n+]1[O-]. The van der Waals surface area contributed by atoms with E-state index in [1.807, 2.05) is 0 Å². The molecule has 4 aromatic rings. The Morgan fingerprint density at radius 1 is 0.884 bits per heavy atom. The van der Waals surface area contributed by atoms with Gasteiger partial charge in [-0.1, -0.05) is 6.07 Å². The molecule has 0 saturated heterocycles. The third kappa shape index (κ3) is 5.61. The number of hydrogen-bond donors (Lipinski definition) is 0. The van der Waals surface area contributed by atoms with Crippen molar-refractivity contribution in [2.24, 2.45) is 0 Å². The molecule has 0 fully saturated rings. The topological polar surface area (TPSA) is 88.8 Å². The predicted molar refractivity (Wildman–Crippen MR) is 130 cm³/mol.